The van der Waals surface area contributed by atoms with E-state index in [2.05, 4.69) is 19.9 Å². The van der Waals surface area contributed by atoms with E-state index in [4.69, 9.17) is 5.11 Å². The lowest BCUT2D eigenvalue weighted by Gasteiger charge is -2.33. The average molecular weight is 302 g/mol. The first-order valence-corrected chi connectivity index (χ1v) is 7.44. The van der Waals surface area contributed by atoms with Crippen LogP contribution in [0.15, 0.2) is 23.4 Å². The average Bonchev–Trinajstić information content (AvgIpc) is 2.53. The van der Waals surface area contributed by atoms with Crippen LogP contribution in [0.4, 0.5) is 5.82 Å². The number of piperidine rings is 1. The molecule has 1 aliphatic rings. The molecular weight excluding hydrogens is 284 g/mol. The number of rotatable bonds is 4. The molecule has 7 heteroatoms. The van der Waals surface area contributed by atoms with E-state index in [-0.39, 0.29) is 12.0 Å². The number of nitrogens with zero attached hydrogens (tertiary/aromatic N) is 3. The van der Waals surface area contributed by atoms with Crippen LogP contribution in [0.25, 0.3) is 10.9 Å². The number of pyridine rings is 1. The third-order valence-electron chi connectivity index (χ3n) is 4.12. The Labute approximate surface area is 127 Å². The van der Waals surface area contributed by atoms with Crippen LogP contribution < -0.4 is 10.5 Å². The Hall–Kier alpha value is -2.44. The highest BCUT2D eigenvalue weighted by Gasteiger charge is 2.23. The van der Waals surface area contributed by atoms with Crippen molar-refractivity contribution in [2.24, 2.45) is 5.92 Å². The summed E-state index contributed by atoms with van der Waals surface area (Å²) in [6.07, 6.45) is 5.90. The minimum atomic E-state index is -0.756. The van der Waals surface area contributed by atoms with Crippen LogP contribution >= 0.6 is 0 Å². The summed E-state index contributed by atoms with van der Waals surface area (Å²) in [6, 6.07) is 1.66. The van der Waals surface area contributed by atoms with Gasteiger partial charge in [-0.2, -0.15) is 0 Å². The van der Waals surface area contributed by atoms with Gasteiger partial charge in [0.05, 0.1) is 11.7 Å². The summed E-state index contributed by atoms with van der Waals surface area (Å²) in [5.74, 6) is 0.293. The van der Waals surface area contributed by atoms with Gasteiger partial charge >= 0.3 is 5.97 Å². The number of nitrogens with one attached hydrogen (secondary N) is 1. The maximum absolute atomic E-state index is 11.8. The maximum Gasteiger partial charge on any atom is 0.303 e. The highest BCUT2D eigenvalue weighted by molar-refractivity contribution is 5.87. The van der Waals surface area contributed by atoms with Crippen LogP contribution in [0.1, 0.15) is 25.7 Å². The lowest BCUT2D eigenvalue weighted by Crippen LogP contribution is -2.36. The summed E-state index contributed by atoms with van der Waals surface area (Å²) in [6.45, 7) is 1.61. The summed E-state index contributed by atoms with van der Waals surface area (Å²) in [5.41, 5.74) is 0.429. The first kappa shape index (κ1) is 14.5. The Kier molecular flexibility index (Phi) is 4.04. The topological polar surface area (TPSA) is 99.2 Å². The van der Waals surface area contributed by atoms with Gasteiger partial charge in [0.1, 0.15) is 5.52 Å². The van der Waals surface area contributed by atoms with Gasteiger partial charge in [0.15, 0.2) is 5.82 Å². The lowest BCUT2D eigenvalue weighted by molar-refractivity contribution is -0.137. The number of aromatic amines is 1. The molecule has 0 aromatic carbocycles. The molecule has 116 valence electrons. The molecule has 1 unspecified atom stereocenters. The third kappa shape index (κ3) is 2.93. The van der Waals surface area contributed by atoms with Crippen LogP contribution in [0.3, 0.4) is 0 Å². The molecule has 1 aliphatic heterocycles. The second-order valence-electron chi connectivity index (χ2n) is 5.65. The van der Waals surface area contributed by atoms with Crippen LogP contribution in [0, 0.1) is 5.92 Å². The van der Waals surface area contributed by atoms with Gasteiger partial charge in [0.25, 0.3) is 5.56 Å². The zero-order valence-corrected chi connectivity index (χ0v) is 12.2. The van der Waals surface area contributed by atoms with E-state index < -0.39 is 5.97 Å². The molecule has 22 heavy (non-hydrogen) atoms. The van der Waals surface area contributed by atoms with E-state index in [9.17, 15) is 9.59 Å². The first-order valence-electron chi connectivity index (χ1n) is 7.44. The molecule has 0 radical (unpaired) electrons. The van der Waals surface area contributed by atoms with Crippen molar-refractivity contribution in [1.82, 2.24) is 15.0 Å². The Balaban J connectivity index is 1.86. The Morgan fingerprint density at radius 1 is 1.45 bits per heavy atom. The molecule has 0 amide bonds. The summed E-state index contributed by atoms with van der Waals surface area (Å²) in [7, 11) is 0. The number of carbonyl (C=O) groups is 1. The number of hydrogen-bond donors (Lipinski definition) is 2. The van der Waals surface area contributed by atoms with Crippen LogP contribution in [0.5, 0.6) is 0 Å². The summed E-state index contributed by atoms with van der Waals surface area (Å²) < 4.78 is 0. The molecule has 1 atom stereocenters. The number of aliphatic carboxylic acids is 1. The monoisotopic (exact) mass is 302 g/mol. The van der Waals surface area contributed by atoms with Crippen molar-refractivity contribution in [3.05, 3.63) is 28.9 Å². The number of carboxylic acid groups (broad SMARTS) is 1. The highest BCUT2D eigenvalue weighted by atomic mass is 16.4. The fourth-order valence-electron chi connectivity index (χ4n) is 3.04. The van der Waals surface area contributed by atoms with Gasteiger partial charge in [0.2, 0.25) is 0 Å². The minimum Gasteiger partial charge on any atom is -0.481 e. The maximum atomic E-state index is 11.8. The Morgan fingerprint density at radius 2 is 2.32 bits per heavy atom. The number of hydrogen-bond acceptors (Lipinski definition) is 5. The molecule has 2 aromatic rings. The quantitative estimate of drug-likeness (QED) is 0.885. The van der Waals surface area contributed by atoms with Crippen LogP contribution in [0.2, 0.25) is 0 Å². The molecule has 1 fully saturated rings. The minimum absolute atomic E-state index is 0.173. The molecular formula is C15H18N4O3. The Morgan fingerprint density at radius 3 is 3.14 bits per heavy atom. The second kappa shape index (κ2) is 6.13. The fraction of sp³-hybridized carbons (Fsp3) is 0.467. The molecule has 1 saturated heterocycles. The molecule has 0 spiro atoms. The molecule has 2 N–H and O–H groups in total. The van der Waals surface area contributed by atoms with Crippen molar-refractivity contribution in [3.63, 3.8) is 0 Å². The van der Waals surface area contributed by atoms with E-state index >= 15 is 0 Å². The number of H-pyrrole nitrogens is 1. The third-order valence-corrected chi connectivity index (χ3v) is 4.12. The van der Waals surface area contributed by atoms with Crippen molar-refractivity contribution in [3.8, 4) is 0 Å². The number of carboxylic acids is 1. The fourth-order valence-corrected chi connectivity index (χ4v) is 3.04. The van der Waals surface area contributed by atoms with Gasteiger partial charge in [0, 0.05) is 25.7 Å². The largest absolute Gasteiger partial charge is 0.481 e. The predicted octanol–water partition coefficient (Wildman–Crippen LogP) is 1.40. The van der Waals surface area contributed by atoms with E-state index in [0.717, 1.165) is 25.9 Å². The van der Waals surface area contributed by atoms with Crippen molar-refractivity contribution >= 4 is 22.7 Å². The standard InChI is InChI=1S/C15H18N4O3/c20-12(21)4-3-10-2-1-7-19(8-10)14-13-11(5-6-16-14)15(22)18-9-17-13/h5-6,9-10H,1-4,7-8H2,(H,20,21)(H,17,18,22). The Bertz CT molecular complexity index is 743. The smallest absolute Gasteiger partial charge is 0.303 e. The number of fused-ring (bicyclic) bond motifs is 1. The number of anilines is 1. The predicted molar refractivity (Wildman–Crippen MR) is 82.0 cm³/mol. The van der Waals surface area contributed by atoms with Gasteiger partial charge in [-0.25, -0.2) is 9.97 Å². The molecule has 0 saturated carbocycles. The summed E-state index contributed by atoms with van der Waals surface area (Å²) >= 11 is 0. The normalized spacial score (nSPS) is 18.5. The molecule has 0 bridgehead atoms. The summed E-state index contributed by atoms with van der Waals surface area (Å²) in [5, 5.41) is 9.35. The highest BCUT2D eigenvalue weighted by Crippen LogP contribution is 2.27. The van der Waals surface area contributed by atoms with Gasteiger partial charge in [-0.15, -0.1) is 0 Å². The lowest BCUT2D eigenvalue weighted by atomic mass is 9.93. The van der Waals surface area contributed by atoms with E-state index in [1.807, 2.05) is 0 Å². The molecule has 2 aromatic heterocycles. The zero-order valence-electron chi connectivity index (χ0n) is 12.2. The van der Waals surface area contributed by atoms with Gasteiger partial charge in [-0.3, -0.25) is 9.59 Å². The van der Waals surface area contributed by atoms with E-state index in [0.29, 0.717) is 29.1 Å². The zero-order chi connectivity index (χ0) is 15.5. The van der Waals surface area contributed by atoms with Gasteiger partial charge in [-0.1, -0.05) is 0 Å². The van der Waals surface area contributed by atoms with Crippen molar-refractivity contribution < 1.29 is 9.90 Å². The molecule has 3 heterocycles. The van der Waals surface area contributed by atoms with Crippen molar-refractivity contribution in [1.29, 1.82) is 0 Å². The summed E-state index contributed by atoms with van der Waals surface area (Å²) in [4.78, 5) is 35.9. The molecule has 3 rings (SSSR count). The van der Waals surface area contributed by atoms with Gasteiger partial charge in [-0.05, 0) is 31.2 Å². The van der Waals surface area contributed by atoms with Crippen molar-refractivity contribution in [2.45, 2.75) is 25.7 Å². The van der Waals surface area contributed by atoms with Crippen LogP contribution in [-0.2, 0) is 4.79 Å². The molecule has 7 nitrogen and oxygen atoms in total. The number of aromatic nitrogens is 3. The van der Waals surface area contributed by atoms with Crippen LogP contribution in [-0.4, -0.2) is 39.1 Å². The van der Waals surface area contributed by atoms with Gasteiger partial charge < -0.3 is 15.0 Å². The van der Waals surface area contributed by atoms with E-state index in [1.165, 1.54) is 6.33 Å². The van der Waals surface area contributed by atoms with E-state index in [1.54, 1.807) is 12.3 Å². The van der Waals surface area contributed by atoms with Crippen molar-refractivity contribution in [2.75, 3.05) is 18.0 Å². The molecule has 0 aliphatic carbocycles. The first-order chi connectivity index (χ1) is 10.6. The SMILES string of the molecule is O=C(O)CCC1CCCN(c2nccc3c(=O)[nH]cnc23)C1. The second-order valence-corrected chi connectivity index (χ2v) is 5.65.